The standard InChI is InChI=1S/C10H12O4/c1-12-10(5-11)7-2-3-8-9(4-7)14-6-13-8/h2-4,10-11H,5-6H2,1H3/t10-/m1/s1. The average Bonchev–Trinajstić information content (AvgIpc) is 2.66. The van der Waals surface area contributed by atoms with Gasteiger partial charge in [0.2, 0.25) is 6.79 Å². The van der Waals surface area contributed by atoms with E-state index < -0.39 is 0 Å². The quantitative estimate of drug-likeness (QED) is 0.786. The summed E-state index contributed by atoms with van der Waals surface area (Å²) in [6.07, 6.45) is -0.301. The molecule has 76 valence electrons. The molecule has 0 unspecified atom stereocenters. The molecule has 4 heteroatoms. The van der Waals surface area contributed by atoms with Gasteiger partial charge < -0.3 is 19.3 Å². The van der Waals surface area contributed by atoms with Crippen LogP contribution in [0.1, 0.15) is 11.7 Å². The van der Waals surface area contributed by atoms with E-state index in [1.165, 1.54) is 0 Å². The number of aliphatic hydroxyl groups is 1. The van der Waals surface area contributed by atoms with Crippen LogP contribution in [-0.4, -0.2) is 25.6 Å². The van der Waals surface area contributed by atoms with Crippen molar-refractivity contribution in [3.8, 4) is 11.5 Å². The van der Waals surface area contributed by atoms with Gasteiger partial charge in [0, 0.05) is 7.11 Å². The summed E-state index contributed by atoms with van der Waals surface area (Å²) in [5, 5.41) is 9.03. The second-order valence-electron chi connectivity index (χ2n) is 3.02. The second-order valence-corrected chi connectivity index (χ2v) is 3.02. The third-order valence-corrected chi connectivity index (χ3v) is 2.22. The van der Waals surface area contributed by atoms with Gasteiger partial charge in [-0.3, -0.25) is 0 Å². The lowest BCUT2D eigenvalue weighted by Crippen LogP contribution is -2.05. The molecule has 1 heterocycles. The molecule has 1 aliphatic heterocycles. The first-order chi connectivity index (χ1) is 6.85. The van der Waals surface area contributed by atoms with Gasteiger partial charge in [-0.15, -0.1) is 0 Å². The topological polar surface area (TPSA) is 47.9 Å². The Kier molecular flexibility index (Phi) is 2.56. The van der Waals surface area contributed by atoms with Crippen LogP contribution in [0.2, 0.25) is 0 Å². The highest BCUT2D eigenvalue weighted by atomic mass is 16.7. The first-order valence-electron chi connectivity index (χ1n) is 4.38. The fourth-order valence-electron chi connectivity index (χ4n) is 1.43. The number of ether oxygens (including phenoxy) is 3. The van der Waals surface area contributed by atoms with Gasteiger partial charge in [0.05, 0.1) is 6.61 Å². The lowest BCUT2D eigenvalue weighted by molar-refractivity contribution is 0.0483. The summed E-state index contributed by atoms with van der Waals surface area (Å²) in [7, 11) is 1.56. The summed E-state index contributed by atoms with van der Waals surface area (Å²) in [6.45, 7) is 0.214. The summed E-state index contributed by atoms with van der Waals surface area (Å²) in [4.78, 5) is 0. The second kappa shape index (κ2) is 3.86. The fraction of sp³-hybridized carbons (Fsp3) is 0.400. The van der Waals surface area contributed by atoms with Crippen LogP contribution in [0.4, 0.5) is 0 Å². The number of hydrogen-bond donors (Lipinski definition) is 1. The van der Waals surface area contributed by atoms with Crippen molar-refractivity contribution in [2.24, 2.45) is 0 Å². The van der Waals surface area contributed by atoms with Crippen LogP contribution < -0.4 is 9.47 Å². The normalized spacial score (nSPS) is 15.6. The Morgan fingerprint density at radius 2 is 2.21 bits per heavy atom. The highest BCUT2D eigenvalue weighted by molar-refractivity contribution is 5.45. The van der Waals surface area contributed by atoms with Gasteiger partial charge in [0.15, 0.2) is 11.5 Å². The zero-order valence-corrected chi connectivity index (χ0v) is 7.90. The van der Waals surface area contributed by atoms with Crippen molar-refractivity contribution < 1.29 is 19.3 Å². The number of aliphatic hydroxyl groups excluding tert-OH is 1. The molecule has 1 N–H and O–H groups in total. The van der Waals surface area contributed by atoms with Gasteiger partial charge in [-0.25, -0.2) is 0 Å². The monoisotopic (exact) mass is 196 g/mol. The summed E-state index contributed by atoms with van der Waals surface area (Å²) in [5.74, 6) is 1.44. The highest BCUT2D eigenvalue weighted by Gasteiger charge is 2.16. The van der Waals surface area contributed by atoms with Gasteiger partial charge in [-0.2, -0.15) is 0 Å². The predicted molar refractivity (Wildman–Crippen MR) is 49.4 cm³/mol. The summed E-state index contributed by atoms with van der Waals surface area (Å²) >= 11 is 0. The van der Waals surface area contributed by atoms with Crippen LogP contribution in [0, 0.1) is 0 Å². The molecule has 0 aromatic heterocycles. The Morgan fingerprint density at radius 1 is 1.43 bits per heavy atom. The van der Waals surface area contributed by atoms with Crippen molar-refractivity contribution in [1.82, 2.24) is 0 Å². The molecule has 1 atom stereocenters. The number of hydrogen-bond acceptors (Lipinski definition) is 4. The maximum absolute atomic E-state index is 9.03. The molecule has 0 aliphatic carbocycles. The molecule has 4 nitrogen and oxygen atoms in total. The number of methoxy groups -OCH3 is 1. The first kappa shape index (κ1) is 9.30. The molecular formula is C10H12O4. The van der Waals surface area contributed by atoms with Crippen molar-refractivity contribution in [3.05, 3.63) is 23.8 Å². The predicted octanol–water partition coefficient (Wildman–Crippen LogP) is 1.10. The van der Waals surface area contributed by atoms with Crippen LogP contribution in [0.5, 0.6) is 11.5 Å². The van der Waals surface area contributed by atoms with E-state index in [1.54, 1.807) is 7.11 Å². The lowest BCUT2D eigenvalue weighted by atomic mass is 10.1. The third kappa shape index (κ3) is 1.54. The minimum Gasteiger partial charge on any atom is -0.454 e. The molecule has 0 fully saturated rings. The fourth-order valence-corrected chi connectivity index (χ4v) is 1.43. The average molecular weight is 196 g/mol. The molecular weight excluding hydrogens is 184 g/mol. The van der Waals surface area contributed by atoms with E-state index in [0.717, 1.165) is 11.3 Å². The number of rotatable bonds is 3. The van der Waals surface area contributed by atoms with Gasteiger partial charge >= 0.3 is 0 Å². The third-order valence-electron chi connectivity index (χ3n) is 2.22. The largest absolute Gasteiger partial charge is 0.454 e. The van der Waals surface area contributed by atoms with E-state index in [-0.39, 0.29) is 19.5 Å². The molecule has 0 radical (unpaired) electrons. The van der Waals surface area contributed by atoms with Crippen molar-refractivity contribution in [2.75, 3.05) is 20.5 Å². The van der Waals surface area contributed by atoms with Crippen molar-refractivity contribution in [3.63, 3.8) is 0 Å². The Hall–Kier alpha value is -1.26. The van der Waals surface area contributed by atoms with Crippen LogP contribution >= 0.6 is 0 Å². The van der Waals surface area contributed by atoms with E-state index in [2.05, 4.69) is 0 Å². The molecule has 2 rings (SSSR count). The zero-order valence-electron chi connectivity index (χ0n) is 7.90. The summed E-state index contributed by atoms with van der Waals surface area (Å²) in [5.41, 5.74) is 0.888. The molecule has 1 aromatic rings. The van der Waals surface area contributed by atoms with E-state index in [0.29, 0.717) is 5.75 Å². The Morgan fingerprint density at radius 3 is 2.93 bits per heavy atom. The van der Waals surface area contributed by atoms with Crippen molar-refractivity contribution >= 4 is 0 Å². The maximum atomic E-state index is 9.03. The van der Waals surface area contributed by atoms with Crippen molar-refractivity contribution in [2.45, 2.75) is 6.10 Å². The summed E-state index contributed by atoms with van der Waals surface area (Å²) in [6, 6.07) is 5.50. The summed E-state index contributed by atoms with van der Waals surface area (Å²) < 4.78 is 15.5. The first-order valence-corrected chi connectivity index (χ1v) is 4.38. The van der Waals surface area contributed by atoms with E-state index in [9.17, 15) is 0 Å². The van der Waals surface area contributed by atoms with Gasteiger partial charge in [0.1, 0.15) is 6.10 Å². The zero-order chi connectivity index (χ0) is 9.97. The Bertz CT molecular complexity index is 320. The molecule has 0 saturated heterocycles. The van der Waals surface area contributed by atoms with Crippen LogP contribution in [-0.2, 0) is 4.74 Å². The van der Waals surface area contributed by atoms with Gasteiger partial charge in [-0.1, -0.05) is 6.07 Å². The Balaban J connectivity index is 2.27. The molecule has 0 spiro atoms. The van der Waals surface area contributed by atoms with Crippen molar-refractivity contribution in [1.29, 1.82) is 0 Å². The van der Waals surface area contributed by atoms with Gasteiger partial charge in [-0.05, 0) is 17.7 Å². The molecule has 1 aromatic carbocycles. The minimum atomic E-state index is -0.301. The molecule has 0 bridgehead atoms. The van der Waals surface area contributed by atoms with E-state index >= 15 is 0 Å². The van der Waals surface area contributed by atoms with Crippen LogP contribution in [0.15, 0.2) is 18.2 Å². The van der Waals surface area contributed by atoms with E-state index in [4.69, 9.17) is 19.3 Å². The Labute approximate surface area is 82.0 Å². The molecule has 0 saturated carbocycles. The van der Waals surface area contributed by atoms with E-state index in [1.807, 2.05) is 18.2 Å². The smallest absolute Gasteiger partial charge is 0.231 e. The molecule has 14 heavy (non-hydrogen) atoms. The number of fused-ring (bicyclic) bond motifs is 1. The SMILES string of the molecule is CO[C@H](CO)c1ccc2c(c1)OCO2. The molecule has 1 aliphatic rings. The maximum Gasteiger partial charge on any atom is 0.231 e. The lowest BCUT2D eigenvalue weighted by Gasteiger charge is -2.12. The van der Waals surface area contributed by atoms with Crippen LogP contribution in [0.25, 0.3) is 0 Å². The van der Waals surface area contributed by atoms with Gasteiger partial charge in [0.25, 0.3) is 0 Å². The number of benzene rings is 1. The molecule has 0 amide bonds. The highest BCUT2D eigenvalue weighted by Crippen LogP contribution is 2.34. The minimum absolute atomic E-state index is 0.0455. The van der Waals surface area contributed by atoms with Crippen LogP contribution in [0.3, 0.4) is 0 Å².